The second-order valence-corrected chi connectivity index (χ2v) is 7.27. The number of thiazole rings is 1. The molecule has 1 amide bonds. The fourth-order valence-corrected chi connectivity index (χ4v) is 3.48. The maximum atomic E-state index is 12.1. The SMILES string of the molecule is O=C(C=Cc1ccc2c(c1)OCO2)Nc1nc(-c2ccc(Cl)c(Cl)c2)cs1. The Kier molecular flexibility index (Phi) is 5.03. The molecule has 0 saturated heterocycles. The van der Waals surface area contributed by atoms with E-state index in [4.69, 9.17) is 32.7 Å². The summed E-state index contributed by atoms with van der Waals surface area (Å²) in [5.41, 5.74) is 2.38. The number of nitrogens with zero attached hydrogens (tertiary/aromatic N) is 1. The van der Waals surface area contributed by atoms with Gasteiger partial charge in [0, 0.05) is 17.0 Å². The molecule has 0 fully saturated rings. The lowest BCUT2D eigenvalue weighted by Gasteiger charge is -2.00. The molecule has 0 spiro atoms. The van der Waals surface area contributed by atoms with Gasteiger partial charge in [-0.1, -0.05) is 35.3 Å². The molecule has 0 aliphatic carbocycles. The quantitative estimate of drug-likeness (QED) is 0.568. The molecule has 2 aromatic carbocycles. The van der Waals surface area contributed by atoms with E-state index in [0.29, 0.717) is 32.4 Å². The Labute approximate surface area is 169 Å². The van der Waals surface area contributed by atoms with Gasteiger partial charge < -0.3 is 9.47 Å². The number of nitrogens with one attached hydrogen (secondary N) is 1. The Hall–Kier alpha value is -2.54. The van der Waals surface area contributed by atoms with Crippen LogP contribution in [0.25, 0.3) is 17.3 Å². The van der Waals surface area contributed by atoms with Gasteiger partial charge in [-0.2, -0.15) is 0 Å². The van der Waals surface area contributed by atoms with Crippen molar-refractivity contribution < 1.29 is 14.3 Å². The molecule has 1 aromatic heterocycles. The first kappa shape index (κ1) is 17.9. The van der Waals surface area contributed by atoms with Crippen LogP contribution in [0.15, 0.2) is 47.9 Å². The minimum atomic E-state index is -0.275. The highest BCUT2D eigenvalue weighted by Gasteiger charge is 2.12. The Morgan fingerprint density at radius 2 is 1.96 bits per heavy atom. The number of anilines is 1. The van der Waals surface area contributed by atoms with Crippen LogP contribution in [0.1, 0.15) is 5.56 Å². The predicted molar refractivity (Wildman–Crippen MR) is 108 cm³/mol. The summed E-state index contributed by atoms with van der Waals surface area (Å²) in [6.07, 6.45) is 3.14. The number of halogens is 2. The lowest BCUT2D eigenvalue weighted by Crippen LogP contribution is -2.07. The average Bonchev–Trinajstić information content (AvgIpc) is 3.31. The molecule has 4 rings (SSSR count). The minimum absolute atomic E-state index is 0.216. The van der Waals surface area contributed by atoms with Crippen molar-refractivity contribution in [3.8, 4) is 22.8 Å². The van der Waals surface area contributed by atoms with Gasteiger partial charge in [-0.05, 0) is 35.9 Å². The van der Waals surface area contributed by atoms with Crippen LogP contribution in [0.3, 0.4) is 0 Å². The zero-order valence-corrected chi connectivity index (χ0v) is 16.1. The Morgan fingerprint density at radius 3 is 2.81 bits per heavy atom. The number of carbonyl (C=O) groups excluding carboxylic acids is 1. The van der Waals surface area contributed by atoms with Crippen molar-refractivity contribution in [2.24, 2.45) is 0 Å². The first-order valence-electron chi connectivity index (χ1n) is 7.88. The molecule has 136 valence electrons. The topological polar surface area (TPSA) is 60.5 Å². The van der Waals surface area contributed by atoms with Crippen LogP contribution in [0.2, 0.25) is 10.0 Å². The highest BCUT2D eigenvalue weighted by atomic mass is 35.5. The molecule has 5 nitrogen and oxygen atoms in total. The highest BCUT2D eigenvalue weighted by molar-refractivity contribution is 7.14. The summed E-state index contributed by atoms with van der Waals surface area (Å²) in [6, 6.07) is 10.8. The third kappa shape index (κ3) is 4.08. The second kappa shape index (κ2) is 7.60. The zero-order valence-electron chi connectivity index (χ0n) is 13.7. The lowest BCUT2D eigenvalue weighted by molar-refractivity contribution is -0.111. The van der Waals surface area contributed by atoms with Crippen molar-refractivity contribution >= 4 is 51.7 Å². The van der Waals surface area contributed by atoms with Gasteiger partial charge in [0.25, 0.3) is 0 Å². The Morgan fingerprint density at radius 1 is 1.11 bits per heavy atom. The van der Waals surface area contributed by atoms with Gasteiger partial charge in [0.05, 0.1) is 15.7 Å². The molecule has 3 aromatic rings. The maximum absolute atomic E-state index is 12.1. The predicted octanol–water partition coefficient (Wildman–Crippen LogP) is 5.50. The highest BCUT2D eigenvalue weighted by Crippen LogP contribution is 2.33. The summed E-state index contributed by atoms with van der Waals surface area (Å²) in [5.74, 6) is 1.10. The molecular weight excluding hydrogens is 407 g/mol. The molecule has 1 aliphatic rings. The van der Waals surface area contributed by atoms with E-state index in [2.05, 4.69) is 10.3 Å². The molecule has 0 unspecified atom stereocenters. The first-order chi connectivity index (χ1) is 13.1. The van der Waals surface area contributed by atoms with E-state index >= 15 is 0 Å². The molecule has 1 aliphatic heterocycles. The summed E-state index contributed by atoms with van der Waals surface area (Å²) in [7, 11) is 0. The lowest BCUT2D eigenvalue weighted by atomic mass is 10.2. The fourth-order valence-electron chi connectivity index (χ4n) is 2.45. The van der Waals surface area contributed by atoms with Crippen molar-refractivity contribution in [2.45, 2.75) is 0 Å². The molecule has 27 heavy (non-hydrogen) atoms. The number of hydrogen-bond acceptors (Lipinski definition) is 5. The number of benzene rings is 2. The third-order valence-corrected chi connectivity index (χ3v) is 5.27. The van der Waals surface area contributed by atoms with Crippen LogP contribution in [0.4, 0.5) is 5.13 Å². The van der Waals surface area contributed by atoms with E-state index in [-0.39, 0.29) is 12.7 Å². The normalized spacial score (nSPS) is 12.5. The molecule has 0 atom stereocenters. The van der Waals surface area contributed by atoms with Gasteiger partial charge >= 0.3 is 0 Å². The van der Waals surface area contributed by atoms with E-state index in [1.807, 2.05) is 29.6 Å². The Bertz CT molecular complexity index is 1050. The van der Waals surface area contributed by atoms with Crippen LogP contribution >= 0.6 is 34.5 Å². The second-order valence-electron chi connectivity index (χ2n) is 5.60. The van der Waals surface area contributed by atoms with Crippen molar-refractivity contribution in [3.63, 3.8) is 0 Å². The van der Waals surface area contributed by atoms with Gasteiger partial charge in [0.2, 0.25) is 12.7 Å². The smallest absolute Gasteiger partial charge is 0.250 e. The maximum Gasteiger partial charge on any atom is 0.250 e. The molecular formula is C19H12Cl2N2O3S. The number of ether oxygens (including phenoxy) is 2. The van der Waals surface area contributed by atoms with E-state index in [1.54, 1.807) is 18.2 Å². The summed E-state index contributed by atoms with van der Waals surface area (Å²) in [4.78, 5) is 16.5. The molecule has 2 heterocycles. The molecule has 0 saturated carbocycles. The minimum Gasteiger partial charge on any atom is -0.454 e. The summed E-state index contributed by atoms with van der Waals surface area (Å²) < 4.78 is 10.6. The number of fused-ring (bicyclic) bond motifs is 1. The van der Waals surface area contributed by atoms with Gasteiger partial charge in [0.15, 0.2) is 16.6 Å². The van der Waals surface area contributed by atoms with E-state index < -0.39 is 0 Å². The average molecular weight is 419 g/mol. The van der Waals surface area contributed by atoms with E-state index in [0.717, 1.165) is 11.1 Å². The van der Waals surface area contributed by atoms with Gasteiger partial charge in [-0.15, -0.1) is 11.3 Å². The van der Waals surface area contributed by atoms with Crippen LogP contribution in [-0.2, 0) is 4.79 Å². The van der Waals surface area contributed by atoms with Crippen molar-refractivity contribution in [3.05, 3.63) is 63.5 Å². The largest absolute Gasteiger partial charge is 0.454 e. The van der Waals surface area contributed by atoms with E-state index in [1.165, 1.54) is 17.4 Å². The number of amides is 1. The molecule has 8 heteroatoms. The number of aromatic nitrogens is 1. The van der Waals surface area contributed by atoms with E-state index in [9.17, 15) is 4.79 Å². The fraction of sp³-hybridized carbons (Fsp3) is 0.0526. The summed E-state index contributed by atoms with van der Waals surface area (Å²) in [5, 5.41) is 6.03. The zero-order chi connectivity index (χ0) is 18.8. The number of rotatable bonds is 4. The molecule has 0 bridgehead atoms. The van der Waals surface area contributed by atoms with Gasteiger partial charge in [0.1, 0.15) is 0 Å². The van der Waals surface area contributed by atoms with Crippen LogP contribution < -0.4 is 14.8 Å². The van der Waals surface area contributed by atoms with Crippen molar-refractivity contribution in [1.82, 2.24) is 4.98 Å². The standard InChI is InChI=1S/C19H12Cl2N2O3S/c20-13-4-3-12(8-14(13)21)15-9-27-19(22-15)23-18(24)6-2-11-1-5-16-17(7-11)26-10-25-16/h1-9H,10H2,(H,22,23,24). The molecule has 0 radical (unpaired) electrons. The summed E-state index contributed by atoms with van der Waals surface area (Å²) in [6.45, 7) is 0.216. The van der Waals surface area contributed by atoms with Crippen LogP contribution in [-0.4, -0.2) is 17.7 Å². The van der Waals surface area contributed by atoms with Crippen molar-refractivity contribution in [2.75, 3.05) is 12.1 Å². The van der Waals surface area contributed by atoms with Crippen molar-refractivity contribution in [1.29, 1.82) is 0 Å². The van der Waals surface area contributed by atoms with Crippen LogP contribution in [0, 0.1) is 0 Å². The molecule has 1 N–H and O–H groups in total. The first-order valence-corrected chi connectivity index (χ1v) is 9.52. The number of carbonyl (C=O) groups is 1. The van der Waals surface area contributed by atoms with Crippen LogP contribution in [0.5, 0.6) is 11.5 Å². The Balaban J connectivity index is 1.42. The van der Waals surface area contributed by atoms with Gasteiger partial charge in [-0.3, -0.25) is 10.1 Å². The summed E-state index contributed by atoms with van der Waals surface area (Å²) >= 11 is 13.3. The monoisotopic (exact) mass is 418 g/mol. The third-order valence-electron chi connectivity index (χ3n) is 3.77. The van der Waals surface area contributed by atoms with Gasteiger partial charge in [-0.25, -0.2) is 4.98 Å². The number of hydrogen-bond donors (Lipinski definition) is 1.